The van der Waals surface area contributed by atoms with E-state index in [1.54, 1.807) is 24.3 Å². The van der Waals surface area contributed by atoms with Gasteiger partial charge in [-0.2, -0.15) is 0 Å². The molecule has 55 heavy (non-hydrogen) atoms. The van der Waals surface area contributed by atoms with Crippen LogP contribution in [-0.4, -0.2) is 74.8 Å². The number of hydrogen-bond acceptors (Lipinski definition) is 7. The number of esters is 1. The van der Waals surface area contributed by atoms with Crippen LogP contribution in [0.25, 0.3) is 0 Å². The van der Waals surface area contributed by atoms with Gasteiger partial charge in [0.25, 0.3) is 0 Å². The minimum absolute atomic E-state index is 0.0403. The predicted molar refractivity (Wildman–Crippen MR) is 229 cm³/mol. The van der Waals surface area contributed by atoms with E-state index in [0.29, 0.717) is 25.1 Å². The van der Waals surface area contributed by atoms with Crippen LogP contribution in [0.2, 0.25) is 36.3 Å². The Morgan fingerprint density at radius 3 is 1.47 bits per heavy atom. The molecule has 0 saturated carbocycles. The van der Waals surface area contributed by atoms with Crippen molar-refractivity contribution < 1.29 is 28.6 Å². The van der Waals surface area contributed by atoms with Crippen molar-refractivity contribution in [1.29, 1.82) is 0 Å². The summed E-state index contributed by atoms with van der Waals surface area (Å²) in [5.74, 6) is -0.570. The Hall–Kier alpha value is -3.42. The van der Waals surface area contributed by atoms with Crippen molar-refractivity contribution in [1.82, 2.24) is 4.90 Å². The molecular formula is C46H65NO6Si2. The van der Waals surface area contributed by atoms with Gasteiger partial charge in [-0.15, -0.1) is 0 Å². The number of rotatable bonds is 18. The highest BCUT2D eigenvalue weighted by Gasteiger charge is 2.48. The Morgan fingerprint density at radius 1 is 0.618 bits per heavy atom. The minimum atomic E-state index is -2.66. The van der Waals surface area contributed by atoms with Gasteiger partial charge >= 0.3 is 5.97 Å². The summed E-state index contributed by atoms with van der Waals surface area (Å²) in [6, 6.07) is 38.9. The summed E-state index contributed by atoms with van der Waals surface area (Å²) >= 11 is 0. The molecule has 0 aliphatic heterocycles. The van der Waals surface area contributed by atoms with E-state index in [0.717, 1.165) is 16.7 Å². The number of nitrogens with zero attached hydrogens (tertiary/aromatic N) is 1. The first-order valence-electron chi connectivity index (χ1n) is 19.6. The molecule has 298 valence electrons. The fourth-order valence-corrected chi connectivity index (χ4v) is 8.35. The third-order valence-corrected chi connectivity index (χ3v) is 20.6. The number of ether oxygens (including phenoxy) is 1. The summed E-state index contributed by atoms with van der Waals surface area (Å²) in [7, 11) is -5.03. The van der Waals surface area contributed by atoms with Crippen molar-refractivity contribution in [3.05, 3.63) is 144 Å². The van der Waals surface area contributed by atoms with Crippen molar-refractivity contribution in [2.75, 3.05) is 6.61 Å². The summed E-state index contributed by atoms with van der Waals surface area (Å²) < 4.78 is 20.0. The van der Waals surface area contributed by atoms with Crippen LogP contribution in [0.5, 0.6) is 0 Å². The number of carbonyl (C=O) groups excluding carboxylic acids is 1. The first-order valence-corrected chi connectivity index (χ1v) is 25.4. The van der Waals surface area contributed by atoms with Crippen molar-refractivity contribution in [3.8, 4) is 0 Å². The molecule has 0 amide bonds. The van der Waals surface area contributed by atoms with Crippen LogP contribution >= 0.6 is 0 Å². The van der Waals surface area contributed by atoms with Crippen molar-refractivity contribution >= 4 is 22.6 Å². The number of aliphatic hydroxyl groups is 2. The van der Waals surface area contributed by atoms with Crippen LogP contribution in [0, 0.1) is 0 Å². The fraction of sp³-hybridized carbons (Fsp3) is 0.457. The van der Waals surface area contributed by atoms with Gasteiger partial charge in [-0.1, -0.05) is 151 Å². The zero-order chi connectivity index (χ0) is 40.4. The lowest BCUT2D eigenvalue weighted by molar-refractivity contribution is -0.129. The number of benzene rings is 4. The topological polar surface area (TPSA) is 88.5 Å². The molecule has 0 aliphatic rings. The van der Waals surface area contributed by atoms with E-state index in [1.807, 2.05) is 60.7 Å². The molecule has 0 aliphatic carbocycles. The number of carbonyl (C=O) groups is 1. The maximum atomic E-state index is 13.7. The molecule has 5 atom stereocenters. The van der Waals surface area contributed by atoms with Gasteiger partial charge in [0.2, 0.25) is 0 Å². The Kier molecular flexibility index (Phi) is 15.4. The minimum Gasteiger partial charge on any atom is -0.453 e. The molecule has 0 saturated heterocycles. The second-order valence-electron chi connectivity index (χ2n) is 17.8. The fourth-order valence-electron chi connectivity index (χ4n) is 6.03. The number of aliphatic hydroxyl groups excluding tert-OH is 2. The highest BCUT2D eigenvalue weighted by atomic mass is 28.4. The molecule has 0 spiro atoms. The normalized spacial score (nSPS) is 15.6. The van der Waals surface area contributed by atoms with Gasteiger partial charge in [-0.3, -0.25) is 4.90 Å². The summed E-state index contributed by atoms with van der Waals surface area (Å²) in [4.78, 5) is 16.0. The van der Waals surface area contributed by atoms with Gasteiger partial charge in [0.1, 0.15) is 12.2 Å². The van der Waals surface area contributed by atoms with Gasteiger partial charge in [-0.25, -0.2) is 4.79 Å². The van der Waals surface area contributed by atoms with Crippen LogP contribution in [0.1, 0.15) is 68.6 Å². The quantitative estimate of drug-likeness (QED) is 0.0768. The lowest BCUT2D eigenvalue weighted by Gasteiger charge is -2.46. The maximum absolute atomic E-state index is 13.7. The second kappa shape index (κ2) is 19.2. The Morgan fingerprint density at radius 2 is 1.04 bits per heavy atom. The predicted octanol–water partition coefficient (Wildman–Crippen LogP) is 9.66. The van der Waals surface area contributed by atoms with Crippen LogP contribution in [-0.2, 0) is 33.1 Å². The van der Waals surface area contributed by atoms with Crippen molar-refractivity contribution in [3.63, 3.8) is 0 Å². The van der Waals surface area contributed by atoms with Crippen LogP contribution in [0.15, 0.2) is 121 Å². The molecule has 0 aromatic heterocycles. The van der Waals surface area contributed by atoms with Gasteiger partial charge in [0.05, 0.1) is 18.3 Å². The molecule has 2 N–H and O–H groups in total. The van der Waals surface area contributed by atoms with E-state index in [9.17, 15) is 15.0 Å². The first-order chi connectivity index (χ1) is 25.8. The van der Waals surface area contributed by atoms with E-state index < -0.39 is 53.1 Å². The Labute approximate surface area is 332 Å². The molecule has 0 unspecified atom stereocenters. The highest BCUT2D eigenvalue weighted by Crippen LogP contribution is 2.40. The number of hydrogen-bond donors (Lipinski definition) is 2. The molecule has 0 radical (unpaired) electrons. The molecule has 7 nitrogen and oxygen atoms in total. The molecule has 4 aromatic carbocycles. The van der Waals surface area contributed by atoms with E-state index in [2.05, 4.69) is 109 Å². The molecule has 0 heterocycles. The summed E-state index contributed by atoms with van der Waals surface area (Å²) in [6.07, 6.45) is -4.39. The standard InChI is InChI=1S/C46H65NO6Si2/c1-45(2,3)54(7,8)51-34-40(52-44(50)38-29-21-14-22-30-38)42(49)43(53-55(9,10)46(4,5)6)41(48)39(31-35-23-15-11-16-24-35)47(32-36-25-17-12-18-26-36)33-37-27-19-13-20-28-37/h11-30,39-43,48-49H,31-34H2,1-10H3/t39-,40+,41-,42-,43-/m1/s1. The van der Waals surface area contributed by atoms with Gasteiger partial charge in [0, 0.05) is 19.1 Å². The highest BCUT2D eigenvalue weighted by molar-refractivity contribution is 6.74. The first kappa shape index (κ1) is 44.3. The van der Waals surface area contributed by atoms with E-state index in [1.165, 1.54) is 0 Å². The second-order valence-corrected chi connectivity index (χ2v) is 27.4. The van der Waals surface area contributed by atoms with E-state index in [4.69, 9.17) is 13.6 Å². The van der Waals surface area contributed by atoms with E-state index >= 15 is 0 Å². The molecule has 4 aromatic rings. The average molecular weight is 784 g/mol. The largest absolute Gasteiger partial charge is 0.453 e. The van der Waals surface area contributed by atoms with E-state index in [-0.39, 0.29) is 16.7 Å². The van der Waals surface area contributed by atoms with Crippen LogP contribution in [0.3, 0.4) is 0 Å². The summed E-state index contributed by atoms with van der Waals surface area (Å²) in [5.41, 5.74) is 3.62. The third kappa shape index (κ3) is 12.5. The monoisotopic (exact) mass is 783 g/mol. The third-order valence-electron chi connectivity index (χ3n) is 11.6. The molecule has 4 rings (SSSR count). The summed E-state index contributed by atoms with van der Waals surface area (Å²) in [6.45, 7) is 22.4. The van der Waals surface area contributed by atoms with Crippen molar-refractivity contribution in [2.45, 2.75) is 128 Å². The average Bonchev–Trinajstić information content (AvgIpc) is 3.14. The molecule has 0 fully saturated rings. The lowest BCUT2D eigenvalue weighted by atomic mass is 9.91. The smallest absolute Gasteiger partial charge is 0.338 e. The Balaban J connectivity index is 1.85. The Bertz CT molecular complexity index is 1690. The van der Waals surface area contributed by atoms with Crippen LogP contribution in [0.4, 0.5) is 0 Å². The molecule has 0 bridgehead atoms. The van der Waals surface area contributed by atoms with Gasteiger partial charge in [0.15, 0.2) is 22.7 Å². The lowest BCUT2D eigenvalue weighted by Crippen LogP contribution is -2.61. The zero-order valence-corrected chi connectivity index (χ0v) is 36.7. The van der Waals surface area contributed by atoms with Crippen LogP contribution < -0.4 is 0 Å². The molecule has 9 heteroatoms. The maximum Gasteiger partial charge on any atom is 0.338 e. The molecular weight excluding hydrogens is 719 g/mol. The summed E-state index contributed by atoms with van der Waals surface area (Å²) in [5, 5.41) is 25.4. The van der Waals surface area contributed by atoms with Crippen molar-refractivity contribution in [2.24, 2.45) is 0 Å². The van der Waals surface area contributed by atoms with Gasteiger partial charge in [-0.05, 0) is 71.5 Å². The SMILES string of the molecule is CC(C)(C)[Si](C)(C)OC[C@H](OC(=O)c1ccccc1)[C@@H](O)[C@H](O[Si](C)(C)C(C)(C)C)[C@H](O)[C@@H](Cc1ccccc1)N(Cc1ccccc1)Cc1ccccc1. The van der Waals surface area contributed by atoms with Gasteiger partial charge < -0.3 is 23.8 Å². The zero-order valence-electron chi connectivity index (χ0n) is 34.7.